The van der Waals surface area contributed by atoms with E-state index in [1.807, 2.05) is 0 Å². The van der Waals surface area contributed by atoms with Crippen LogP contribution in [0.5, 0.6) is 0 Å². The maximum Gasteiger partial charge on any atom is 0.266 e. The highest BCUT2D eigenvalue weighted by molar-refractivity contribution is 9.10. The minimum Gasteiger partial charge on any atom is -0.364 e. The topological polar surface area (TPSA) is 96.3 Å². The second-order valence-corrected chi connectivity index (χ2v) is 7.78. The first kappa shape index (κ1) is 14.6. The van der Waals surface area contributed by atoms with Gasteiger partial charge in [-0.3, -0.25) is 4.79 Å². The first-order valence-corrected chi connectivity index (χ1v) is 8.76. The number of hydrogen-bond donors (Lipinski definition) is 2. The van der Waals surface area contributed by atoms with Gasteiger partial charge in [-0.05, 0) is 31.0 Å². The van der Waals surface area contributed by atoms with Gasteiger partial charge >= 0.3 is 0 Å². The molecule has 0 atom stereocenters. The molecule has 0 radical (unpaired) electrons. The molecular formula is C13H14BrN3O3S. The minimum atomic E-state index is -3.73. The summed E-state index contributed by atoms with van der Waals surface area (Å²) in [7, 11) is -3.73. The Morgan fingerprint density at radius 3 is 2.57 bits per heavy atom. The number of carbonyl (C=O) groups excluding carboxylic acids is 1. The van der Waals surface area contributed by atoms with Gasteiger partial charge in [-0.15, -0.1) is 0 Å². The van der Waals surface area contributed by atoms with Crippen molar-refractivity contribution in [3.8, 4) is 0 Å². The molecule has 8 heteroatoms. The van der Waals surface area contributed by atoms with E-state index in [9.17, 15) is 13.2 Å². The molecule has 3 rings (SSSR count). The Morgan fingerprint density at radius 1 is 1.29 bits per heavy atom. The number of nitrogens with two attached hydrogens (primary N) is 1. The predicted octanol–water partition coefficient (Wildman–Crippen LogP) is 1.81. The van der Waals surface area contributed by atoms with E-state index < -0.39 is 15.9 Å². The third kappa shape index (κ3) is 2.37. The van der Waals surface area contributed by atoms with Crippen LogP contribution in [0.15, 0.2) is 27.6 Å². The fourth-order valence-corrected chi connectivity index (χ4v) is 4.85. The monoisotopic (exact) mass is 371 g/mol. The van der Waals surface area contributed by atoms with Crippen molar-refractivity contribution in [1.29, 1.82) is 0 Å². The Hall–Kier alpha value is -1.38. The maximum atomic E-state index is 12.8. The van der Waals surface area contributed by atoms with Crippen molar-refractivity contribution in [2.24, 2.45) is 5.73 Å². The van der Waals surface area contributed by atoms with Gasteiger partial charge in [0.05, 0.1) is 0 Å². The number of fused-ring (bicyclic) bond motifs is 1. The highest BCUT2D eigenvalue weighted by atomic mass is 79.9. The predicted molar refractivity (Wildman–Crippen MR) is 82.5 cm³/mol. The zero-order valence-electron chi connectivity index (χ0n) is 11.1. The zero-order valence-corrected chi connectivity index (χ0v) is 13.5. The molecule has 1 aliphatic rings. The Kier molecular flexibility index (Phi) is 3.54. The average Bonchev–Trinajstić information content (AvgIpc) is 3.05. The lowest BCUT2D eigenvalue weighted by Crippen LogP contribution is -2.29. The Morgan fingerprint density at radius 2 is 1.95 bits per heavy atom. The number of sulfonamides is 1. The van der Waals surface area contributed by atoms with Gasteiger partial charge in [-0.1, -0.05) is 15.9 Å². The second kappa shape index (κ2) is 5.11. The molecule has 0 aliphatic carbocycles. The number of primary amides is 1. The number of carbonyl (C=O) groups is 1. The lowest BCUT2D eigenvalue weighted by molar-refractivity contribution is 0.0993. The summed E-state index contributed by atoms with van der Waals surface area (Å²) in [5.41, 5.74) is 5.86. The van der Waals surface area contributed by atoms with Crippen LogP contribution < -0.4 is 5.73 Å². The van der Waals surface area contributed by atoms with Gasteiger partial charge in [0.25, 0.3) is 5.91 Å². The van der Waals surface area contributed by atoms with Crippen molar-refractivity contribution < 1.29 is 13.2 Å². The van der Waals surface area contributed by atoms with Crippen LogP contribution in [0.25, 0.3) is 10.9 Å². The molecular weight excluding hydrogens is 358 g/mol. The van der Waals surface area contributed by atoms with E-state index in [1.165, 1.54) is 4.31 Å². The van der Waals surface area contributed by atoms with Crippen LogP contribution in [-0.4, -0.2) is 36.7 Å². The smallest absolute Gasteiger partial charge is 0.266 e. The van der Waals surface area contributed by atoms with Gasteiger partial charge in [0.15, 0.2) is 0 Å². The van der Waals surface area contributed by atoms with E-state index >= 15 is 0 Å². The largest absolute Gasteiger partial charge is 0.364 e. The number of amides is 1. The average molecular weight is 372 g/mol. The molecule has 0 spiro atoms. The summed E-state index contributed by atoms with van der Waals surface area (Å²) < 4.78 is 27.8. The fourth-order valence-electron chi connectivity index (χ4n) is 2.64. The van der Waals surface area contributed by atoms with Gasteiger partial charge in [-0.25, -0.2) is 8.42 Å². The summed E-state index contributed by atoms with van der Waals surface area (Å²) >= 11 is 3.32. The first-order chi connectivity index (χ1) is 9.91. The number of H-pyrrole nitrogens is 1. The minimum absolute atomic E-state index is 0.0202. The molecule has 1 amide bonds. The van der Waals surface area contributed by atoms with E-state index in [4.69, 9.17) is 5.73 Å². The van der Waals surface area contributed by atoms with Crippen molar-refractivity contribution in [3.05, 3.63) is 28.4 Å². The normalized spacial score (nSPS) is 16.6. The van der Waals surface area contributed by atoms with E-state index in [0.29, 0.717) is 24.0 Å². The summed E-state index contributed by atoms with van der Waals surface area (Å²) in [4.78, 5) is 14.4. The van der Waals surface area contributed by atoms with Crippen molar-refractivity contribution in [2.45, 2.75) is 17.7 Å². The van der Waals surface area contributed by atoms with Crippen LogP contribution in [-0.2, 0) is 10.0 Å². The highest BCUT2D eigenvalue weighted by Crippen LogP contribution is 2.32. The number of benzene rings is 1. The number of rotatable bonds is 3. The number of aromatic nitrogens is 1. The van der Waals surface area contributed by atoms with E-state index in [1.54, 1.807) is 18.2 Å². The number of nitrogens with one attached hydrogen (secondary N) is 1. The molecule has 21 heavy (non-hydrogen) atoms. The van der Waals surface area contributed by atoms with Crippen molar-refractivity contribution in [1.82, 2.24) is 9.29 Å². The molecule has 2 aromatic rings. The second-order valence-electron chi connectivity index (χ2n) is 4.99. The third-order valence-corrected chi connectivity index (χ3v) is 6.10. The zero-order chi connectivity index (χ0) is 15.2. The Labute approximate surface area is 130 Å². The van der Waals surface area contributed by atoms with Crippen molar-refractivity contribution in [2.75, 3.05) is 13.1 Å². The van der Waals surface area contributed by atoms with Gasteiger partial charge in [-0.2, -0.15) is 4.31 Å². The lowest BCUT2D eigenvalue weighted by Gasteiger charge is -2.15. The number of nitrogens with zero attached hydrogens (tertiary/aromatic N) is 1. The summed E-state index contributed by atoms with van der Waals surface area (Å²) in [5.74, 6) is -0.778. The van der Waals surface area contributed by atoms with Gasteiger partial charge < -0.3 is 10.7 Å². The standard InChI is InChI=1S/C13H14BrN3O3S/c14-8-3-4-10-9(7-8)12(11(16-10)13(15)18)21(19,20)17-5-1-2-6-17/h3-4,7,16H,1-2,5-6H2,(H2,15,18). The summed E-state index contributed by atoms with van der Waals surface area (Å²) in [6.07, 6.45) is 1.66. The van der Waals surface area contributed by atoms with Crippen LogP contribution in [0.4, 0.5) is 0 Å². The fraction of sp³-hybridized carbons (Fsp3) is 0.308. The van der Waals surface area contributed by atoms with E-state index in [0.717, 1.165) is 17.3 Å². The molecule has 0 unspecified atom stereocenters. The SMILES string of the molecule is NC(=O)c1[nH]c2ccc(Br)cc2c1S(=O)(=O)N1CCCC1. The quantitative estimate of drug-likeness (QED) is 0.860. The summed E-state index contributed by atoms with van der Waals surface area (Å²) in [5, 5.41) is 0.477. The van der Waals surface area contributed by atoms with Crippen LogP contribution >= 0.6 is 15.9 Å². The molecule has 1 aromatic heterocycles. The van der Waals surface area contributed by atoms with Gasteiger partial charge in [0.2, 0.25) is 10.0 Å². The van der Waals surface area contributed by atoms with Crippen LogP contribution in [0.1, 0.15) is 23.3 Å². The molecule has 1 aliphatic heterocycles. The molecule has 0 saturated carbocycles. The van der Waals surface area contributed by atoms with Gasteiger partial charge in [0.1, 0.15) is 10.6 Å². The summed E-state index contributed by atoms with van der Waals surface area (Å²) in [6.45, 7) is 0.947. The highest BCUT2D eigenvalue weighted by Gasteiger charge is 2.33. The molecule has 1 fully saturated rings. The molecule has 6 nitrogen and oxygen atoms in total. The van der Waals surface area contributed by atoms with Crippen LogP contribution in [0, 0.1) is 0 Å². The van der Waals surface area contributed by atoms with E-state index in [-0.39, 0.29) is 10.6 Å². The van der Waals surface area contributed by atoms with Crippen LogP contribution in [0.3, 0.4) is 0 Å². The van der Waals surface area contributed by atoms with Crippen molar-refractivity contribution >= 4 is 42.8 Å². The Balaban J connectivity index is 2.31. The molecule has 0 bridgehead atoms. The van der Waals surface area contributed by atoms with E-state index in [2.05, 4.69) is 20.9 Å². The summed E-state index contributed by atoms with van der Waals surface area (Å²) in [6, 6.07) is 5.17. The maximum absolute atomic E-state index is 12.8. The molecule has 112 valence electrons. The Bertz CT molecular complexity index is 823. The number of aromatic amines is 1. The molecule has 2 heterocycles. The first-order valence-electron chi connectivity index (χ1n) is 6.52. The lowest BCUT2D eigenvalue weighted by atomic mass is 10.2. The van der Waals surface area contributed by atoms with Gasteiger partial charge in [0, 0.05) is 28.5 Å². The van der Waals surface area contributed by atoms with Crippen molar-refractivity contribution in [3.63, 3.8) is 0 Å². The van der Waals surface area contributed by atoms with Crippen LogP contribution in [0.2, 0.25) is 0 Å². The third-order valence-electron chi connectivity index (χ3n) is 3.62. The molecule has 1 saturated heterocycles. The molecule has 3 N–H and O–H groups in total. The molecule has 1 aromatic carbocycles. The number of halogens is 1. The number of hydrogen-bond acceptors (Lipinski definition) is 3.